The van der Waals surface area contributed by atoms with Crippen molar-refractivity contribution in [2.75, 3.05) is 0 Å². The second-order valence-electron chi connectivity index (χ2n) is 6.09. The lowest BCUT2D eigenvalue weighted by Crippen LogP contribution is -1.89. The summed E-state index contributed by atoms with van der Waals surface area (Å²) in [6.07, 6.45) is 25.4. The Labute approximate surface area is 137 Å². The lowest BCUT2D eigenvalue weighted by molar-refractivity contribution is -0.136. The largest absolute Gasteiger partial charge is 0.481 e. The van der Waals surface area contributed by atoms with Gasteiger partial charge >= 0.3 is 5.97 Å². The van der Waals surface area contributed by atoms with Crippen molar-refractivity contribution < 1.29 is 9.90 Å². The van der Waals surface area contributed by atoms with Crippen molar-refractivity contribution in [3.63, 3.8) is 0 Å². The van der Waals surface area contributed by atoms with E-state index in [1.54, 1.807) is 6.08 Å². The molecule has 0 unspecified atom stereocenters. The fourth-order valence-electron chi connectivity index (χ4n) is 2.44. The maximum Gasteiger partial charge on any atom is 0.307 e. The van der Waals surface area contributed by atoms with Crippen molar-refractivity contribution in [1.29, 1.82) is 0 Å². The summed E-state index contributed by atoms with van der Waals surface area (Å²) in [5, 5.41) is 8.48. The molecule has 1 N–H and O–H groups in total. The van der Waals surface area contributed by atoms with E-state index < -0.39 is 5.97 Å². The number of allylic oxidation sites excluding steroid dienone is 3. The van der Waals surface area contributed by atoms with Gasteiger partial charge in [0.2, 0.25) is 0 Å². The summed E-state index contributed by atoms with van der Waals surface area (Å²) in [6, 6.07) is 0. The van der Waals surface area contributed by atoms with Crippen LogP contribution in [0.1, 0.15) is 96.8 Å². The third-order valence-corrected chi connectivity index (χ3v) is 3.84. The Kier molecular flexibility index (Phi) is 17.1. The summed E-state index contributed by atoms with van der Waals surface area (Å²) < 4.78 is 0. The first kappa shape index (κ1) is 20.9. The molecule has 0 saturated carbocycles. The van der Waals surface area contributed by atoms with Crippen LogP contribution in [0.25, 0.3) is 0 Å². The van der Waals surface area contributed by atoms with Crippen LogP contribution in [0.3, 0.4) is 0 Å². The van der Waals surface area contributed by atoms with E-state index in [1.807, 2.05) is 6.08 Å². The summed E-state index contributed by atoms with van der Waals surface area (Å²) >= 11 is 0. The Bertz CT molecular complexity index is 292. The highest BCUT2D eigenvalue weighted by Gasteiger charge is 1.92. The molecule has 128 valence electrons. The van der Waals surface area contributed by atoms with Crippen molar-refractivity contribution in [3.8, 4) is 0 Å². The highest BCUT2D eigenvalue weighted by atomic mass is 16.4. The summed E-state index contributed by atoms with van der Waals surface area (Å²) in [4.78, 5) is 10.3. The van der Waals surface area contributed by atoms with E-state index in [0.29, 0.717) is 0 Å². The SMILES string of the molecule is CCCCC=CCCCCCCCCCC/C=C\CC(=O)O. The predicted molar refractivity (Wildman–Crippen MR) is 96.2 cm³/mol. The summed E-state index contributed by atoms with van der Waals surface area (Å²) in [7, 11) is 0. The van der Waals surface area contributed by atoms with Gasteiger partial charge < -0.3 is 5.11 Å². The number of hydrogen-bond acceptors (Lipinski definition) is 1. The van der Waals surface area contributed by atoms with Gasteiger partial charge in [-0.25, -0.2) is 0 Å². The van der Waals surface area contributed by atoms with E-state index in [-0.39, 0.29) is 6.42 Å². The van der Waals surface area contributed by atoms with Crippen molar-refractivity contribution in [3.05, 3.63) is 24.3 Å². The zero-order valence-corrected chi connectivity index (χ0v) is 14.6. The Morgan fingerprint density at radius 2 is 1.09 bits per heavy atom. The summed E-state index contributed by atoms with van der Waals surface area (Å²) in [6.45, 7) is 2.24. The number of carboxylic acid groups (broad SMARTS) is 1. The quantitative estimate of drug-likeness (QED) is 0.255. The molecule has 0 bridgehead atoms. The molecule has 0 atom stereocenters. The second kappa shape index (κ2) is 18.0. The van der Waals surface area contributed by atoms with E-state index in [2.05, 4.69) is 19.1 Å². The van der Waals surface area contributed by atoms with Gasteiger partial charge in [-0.1, -0.05) is 82.6 Å². The molecule has 0 amide bonds. The van der Waals surface area contributed by atoms with Crippen LogP contribution in [0.4, 0.5) is 0 Å². The first-order valence-electron chi connectivity index (χ1n) is 9.29. The van der Waals surface area contributed by atoms with Gasteiger partial charge in [0.05, 0.1) is 6.42 Å². The number of rotatable bonds is 16. The highest BCUT2D eigenvalue weighted by molar-refractivity contribution is 5.68. The van der Waals surface area contributed by atoms with Gasteiger partial charge in [0.15, 0.2) is 0 Å². The van der Waals surface area contributed by atoms with Crippen LogP contribution in [-0.2, 0) is 4.79 Å². The Balaban J connectivity index is 3.10. The Morgan fingerprint density at radius 1 is 0.682 bits per heavy atom. The van der Waals surface area contributed by atoms with Crippen molar-refractivity contribution in [1.82, 2.24) is 0 Å². The topological polar surface area (TPSA) is 37.3 Å². The van der Waals surface area contributed by atoms with Crippen LogP contribution in [0, 0.1) is 0 Å². The fourth-order valence-corrected chi connectivity index (χ4v) is 2.44. The number of hydrogen-bond donors (Lipinski definition) is 1. The van der Waals surface area contributed by atoms with Crippen molar-refractivity contribution in [2.24, 2.45) is 0 Å². The van der Waals surface area contributed by atoms with Gasteiger partial charge in [0.25, 0.3) is 0 Å². The molecule has 0 heterocycles. The van der Waals surface area contributed by atoms with Gasteiger partial charge in [0.1, 0.15) is 0 Å². The molecule has 0 fully saturated rings. The fraction of sp³-hybridized carbons (Fsp3) is 0.750. The number of carboxylic acids is 1. The lowest BCUT2D eigenvalue weighted by atomic mass is 10.1. The molecule has 0 aliphatic carbocycles. The van der Waals surface area contributed by atoms with E-state index in [9.17, 15) is 4.79 Å². The molecule has 0 aliphatic rings. The zero-order valence-electron chi connectivity index (χ0n) is 14.6. The molecule has 0 aromatic heterocycles. The van der Waals surface area contributed by atoms with Crippen LogP contribution in [-0.4, -0.2) is 11.1 Å². The van der Waals surface area contributed by atoms with Crippen LogP contribution in [0.2, 0.25) is 0 Å². The molecular weight excluding hydrogens is 272 g/mol. The first-order valence-corrected chi connectivity index (χ1v) is 9.29. The van der Waals surface area contributed by atoms with E-state index in [4.69, 9.17) is 5.11 Å². The minimum Gasteiger partial charge on any atom is -0.481 e. The molecule has 0 rings (SSSR count). The van der Waals surface area contributed by atoms with Gasteiger partial charge in [-0.2, -0.15) is 0 Å². The average molecular weight is 309 g/mol. The molecule has 0 spiro atoms. The Hall–Kier alpha value is -1.05. The third-order valence-electron chi connectivity index (χ3n) is 3.84. The lowest BCUT2D eigenvalue weighted by Gasteiger charge is -2.01. The van der Waals surface area contributed by atoms with Gasteiger partial charge in [0, 0.05) is 0 Å². The molecule has 2 nitrogen and oxygen atoms in total. The molecule has 0 aliphatic heterocycles. The monoisotopic (exact) mass is 308 g/mol. The third kappa shape index (κ3) is 18.9. The number of carbonyl (C=O) groups is 1. The zero-order chi connectivity index (χ0) is 16.3. The van der Waals surface area contributed by atoms with Crippen LogP contribution in [0.15, 0.2) is 24.3 Å². The molecule has 0 radical (unpaired) electrons. The maximum absolute atomic E-state index is 10.3. The average Bonchev–Trinajstić information content (AvgIpc) is 2.50. The van der Waals surface area contributed by atoms with Crippen LogP contribution < -0.4 is 0 Å². The smallest absolute Gasteiger partial charge is 0.307 e. The molecule has 2 heteroatoms. The Morgan fingerprint density at radius 3 is 1.55 bits per heavy atom. The normalized spacial score (nSPS) is 11.7. The summed E-state index contributed by atoms with van der Waals surface area (Å²) in [5.74, 6) is -0.743. The summed E-state index contributed by atoms with van der Waals surface area (Å²) in [5.41, 5.74) is 0. The number of aliphatic carboxylic acids is 1. The first-order chi connectivity index (χ1) is 10.8. The molecule has 0 aromatic rings. The van der Waals surface area contributed by atoms with Crippen LogP contribution in [0.5, 0.6) is 0 Å². The van der Waals surface area contributed by atoms with Crippen molar-refractivity contribution >= 4 is 5.97 Å². The van der Waals surface area contributed by atoms with Crippen molar-refractivity contribution in [2.45, 2.75) is 96.8 Å². The van der Waals surface area contributed by atoms with E-state index >= 15 is 0 Å². The minimum absolute atomic E-state index is 0.161. The maximum atomic E-state index is 10.3. The van der Waals surface area contributed by atoms with E-state index in [1.165, 1.54) is 77.0 Å². The molecular formula is C20H36O2. The minimum atomic E-state index is -0.743. The highest BCUT2D eigenvalue weighted by Crippen LogP contribution is 2.11. The molecule has 22 heavy (non-hydrogen) atoms. The van der Waals surface area contributed by atoms with E-state index in [0.717, 1.165) is 6.42 Å². The van der Waals surface area contributed by atoms with Crippen LogP contribution >= 0.6 is 0 Å². The number of unbranched alkanes of at least 4 members (excludes halogenated alkanes) is 11. The predicted octanol–water partition coefficient (Wildman–Crippen LogP) is 6.66. The molecule has 0 saturated heterocycles. The second-order valence-corrected chi connectivity index (χ2v) is 6.09. The standard InChI is InChI=1S/C20H36O2/c1-2-3-4-5-6-7-8-9-10-11-12-13-14-15-16-17-18-19-20(21)22/h5-6,17-18H,2-4,7-16,19H2,1H3,(H,21,22)/b6-5?,18-17-. The van der Waals surface area contributed by atoms with Gasteiger partial charge in [-0.3, -0.25) is 4.79 Å². The molecule has 0 aromatic carbocycles. The van der Waals surface area contributed by atoms with Gasteiger partial charge in [-0.05, 0) is 32.1 Å². The van der Waals surface area contributed by atoms with Gasteiger partial charge in [-0.15, -0.1) is 0 Å².